The van der Waals surface area contributed by atoms with Crippen molar-refractivity contribution in [1.82, 2.24) is 0 Å². The number of benzene rings is 3. The summed E-state index contributed by atoms with van der Waals surface area (Å²) in [7, 11) is 0. The summed E-state index contributed by atoms with van der Waals surface area (Å²) in [6.45, 7) is 2.28. The molecule has 0 atom stereocenters. The molecule has 27 heavy (non-hydrogen) atoms. The molecule has 0 amide bonds. The van der Waals surface area contributed by atoms with Crippen molar-refractivity contribution in [3.05, 3.63) is 102 Å². The topological polar surface area (TPSA) is 26.3 Å². The van der Waals surface area contributed by atoms with Gasteiger partial charge in [0.25, 0.3) is 0 Å². The van der Waals surface area contributed by atoms with Crippen molar-refractivity contribution in [3.63, 3.8) is 0 Å². The standard InChI is InChI=1S/C24H24O2Se/c1-2-26-23(25)24(18-20-12-6-3-7-13-20,19-21-14-8-4-9-15-21)27-22-16-10-5-11-17-22/h3-17H,2,18-19H2,1H3. The van der Waals surface area contributed by atoms with Crippen LogP contribution in [0, 0.1) is 0 Å². The van der Waals surface area contributed by atoms with Gasteiger partial charge in [-0.1, -0.05) is 0 Å². The molecule has 0 aliphatic rings. The molecule has 0 aromatic heterocycles. The minimum absolute atomic E-state index is 0.0633. The Morgan fingerprint density at radius 2 is 1.22 bits per heavy atom. The molecule has 0 saturated heterocycles. The van der Waals surface area contributed by atoms with Gasteiger partial charge in [0.2, 0.25) is 0 Å². The third-order valence-corrected chi connectivity index (χ3v) is 7.21. The van der Waals surface area contributed by atoms with E-state index in [0.717, 1.165) is 0 Å². The van der Waals surface area contributed by atoms with Crippen LogP contribution in [-0.2, 0) is 22.4 Å². The fraction of sp³-hybridized carbons (Fsp3) is 0.208. The van der Waals surface area contributed by atoms with Gasteiger partial charge in [0, 0.05) is 0 Å². The number of carbonyl (C=O) groups excluding carboxylic acids is 1. The fourth-order valence-electron chi connectivity index (χ4n) is 3.15. The van der Waals surface area contributed by atoms with Crippen LogP contribution in [0.5, 0.6) is 0 Å². The van der Waals surface area contributed by atoms with Crippen molar-refractivity contribution in [2.75, 3.05) is 6.61 Å². The van der Waals surface area contributed by atoms with Crippen LogP contribution in [0.15, 0.2) is 91.0 Å². The third-order valence-electron chi connectivity index (χ3n) is 4.37. The fourth-order valence-corrected chi connectivity index (χ4v) is 6.01. The summed E-state index contributed by atoms with van der Waals surface area (Å²) in [5.41, 5.74) is 2.33. The maximum absolute atomic E-state index is 13.3. The van der Waals surface area contributed by atoms with Gasteiger partial charge in [-0.15, -0.1) is 0 Å². The van der Waals surface area contributed by atoms with Crippen LogP contribution in [-0.4, -0.2) is 27.5 Å². The van der Waals surface area contributed by atoms with Gasteiger partial charge in [-0.25, -0.2) is 0 Å². The molecule has 3 aromatic rings. The molecule has 0 N–H and O–H groups in total. The molecule has 3 aromatic carbocycles. The van der Waals surface area contributed by atoms with E-state index in [-0.39, 0.29) is 20.9 Å². The monoisotopic (exact) mass is 424 g/mol. The Kier molecular flexibility index (Phi) is 6.86. The Bertz CT molecular complexity index is 731. The Morgan fingerprint density at radius 3 is 1.67 bits per heavy atom. The number of esters is 1. The number of ether oxygens (including phenoxy) is 1. The SMILES string of the molecule is CCOC(=O)C(Cc1ccccc1)(Cc1ccccc1)[Se]c1ccccc1. The molecular weight excluding hydrogens is 399 g/mol. The van der Waals surface area contributed by atoms with Crippen molar-refractivity contribution in [1.29, 1.82) is 0 Å². The first-order chi connectivity index (χ1) is 13.2. The van der Waals surface area contributed by atoms with Crippen LogP contribution in [0.25, 0.3) is 0 Å². The number of hydrogen-bond acceptors (Lipinski definition) is 2. The van der Waals surface area contributed by atoms with Gasteiger partial charge < -0.3 is 0 Å². The summed E-state index contributed by atoms with van der Waals surface area (Å²) in [5.74, 6) is -0.0958. The van der Waals surface area contributed by atoms with Gasteiger partial charge in [-0.05, 0) is 0 Å². The van der Waals surface area contributed by atoms with Gasteiger partial charge in [0.1, 0.15) is 0 Å². The average molecular weight is 423 g/mol. The van der Waals surface area contributed by atoms with E-state index in [4.69, 9.17) is 4.74 Å². The molecule has 0 aliphatic heterocycles. The second-order valence-corrected chi connectivity index (χ2v) is 9.51. The first kappa shape index (κ1) is 19.4. The van der Waals surface area contributed by atoms with Gasteiger partial charge in [-0.2, -0.15) is 0 Å². The van der Waals surface area contributed by atoms with E-state index < -0.39 is 4.31 Å². The molecule has 0 spiro atoms. The van der Waals surface area contributed by atoms with E-state index in [1.807, 2.05) is 61.5 Å². The number of hydrogen-bond donors (Lipinski definition) is 0. The predicted octanol–water partition coefficient (Wildman–Crippen LogP) is 4.22. The summed E-state index contributed by atoms with van der Waals surface area (Å²) in [6.07, 6.45) is 1.35. The van der Waals surface area contributed by atoms with E-state index in [2.05, 4.69) is 36.4 Å². The zero-order chi connectivity index (χ0) is 19.0. The van der Waals surface area contributed by atoms with Crippen LogP contribution >= 0.6 is 0 Å². The van der Waals surface area contributed by atoms with Gasteiger partial charge >= 0.3 is 168 Å². The summed E-state index contributed by atoms with van der Waals surface area (Å²) in [5, 5.41) is 0. The predicted molar refractivity (Wildman–Crippen MR) is 111 cm³/mol. The van der Waals surface area contributed by atoms with Crippen molar-refractivity contribution in [2.24, 2.45) is 0 Å². The van der Waals surface area contributed by atoms with Crippen molar-refractivity contribution >= 4 is 25.4 Å². The molecule has 0 heterocycles. The van der Waals surface area contributed by atoms with Crippen LogP contribution in [0.2, 0.25) is 4.31 Å². The Balaban J connectivity index is 2.02. The quantitative estimate of drug-likeness (QED) is 0.401. The van der Waals surface area contributed by atoms with Crippen LogP contribution in [0.3, 0.4) is 0 Å². The molecule has 0 radical (unpaired) electrons. The van der Waals surface area contributed by atoms with Gasteiger partial charge in [0.15, 0.2) is 0 Å². The van der Waals surface area contributed by atoms with E-state index in [1.165, 1.54) is 15.6 Å². The zero-order valence-corrected chi connectivity index (χ0v) is 17.2. The summed E-state index contributed by atoms with van der Waals surface area (Å²) >= 11 is -0.0633. The van der Waals surface area contributed by atoms with E-state index in [1.54, 1.807) is 0 Å². The molecule has 3 heteroatoms. The molecule has 3 rings (SSSR count). The maximum atomic E-state index is 13.3. The summed E-state index contributed by atoms with van der Waals surface area (Å²) < 4.78 is 6.24. The Morgan fingerprint density at radius 1 is 0.778 bits per heavy atom. The van der Waals surface area contributed by atoms with E-state index in [0.29, 0.717) is 19.4 Å². The van der Waals surface area contributed by atoms with Crippen molar-refractivity contribution in [3.8, 4) is 0 Å². The first-order valence-corrected chi connectivity index (χ1v) is 10.9. The summed E-state index contributed by atoms with van der Waals surface area (Å²) in [6, 6.07) is 30.9. The molecule has 138 valence electrons. The zero-order valence-electron chi connectivity index (χ0n) is 15.5. The van der Waals surface area contributed by atoms with Crippen molar-refractivity contribution in [2.45, 2.75) is 24.1 Å². The Hall–Kier alpha value is -2.35. The number of carbonyl (C=O) groups is 1. The minimum atomic E-state index is -0.576. The second kappa shape index (κ2) is 9.55. The summed E-state index contributed by atoms with van der Waals surface area (Å²) in [4.78, 5) is 13.3. The molecule has 0 bridgehead atoms. The molecule has 0 fully saturated rings. The van der Waals surface area contributed by atoms with Gasteiger partial charge in [-0.3, -0.25) is 0 Å². The second-order valence-electron chi connectivity index (χ2n) is 6.45. The van der Waals surface area contributed by atoms with Crippen LogP contribution in [0.1, 0.15) is 18.1 Å². The molecule has 0 saturated carbocycles. The van der Waals surface area contributed by atoms with Gasteiger partial charge in [0.05, 0.1) is 0 Å². The van der Waals surface area contributed by atoms with Crippen molar-refractivity contribution < 1.29 is 9.53 Å². The Labute approximate surface area is 167 Å². The first-order valence-electron chi connectivity index (χ1n) is 9.21. The molecule has 2 nitrogen and oxygen atoms in total. The normalized spacial score (nSPS) is 11.1. The van der Waals surface area contributed by atoms with E-state index >= 15 is 0 Å². The van der Waals surface area contributed by atoms with Crippen LogP contribution in [0.4, 0.5) is 0 Å². The number of rotatable bonds is 8. The third kappa shape index (κ3) is 5.32. The average Bonchev–Trinajstić information content (AvgIpc) is 2.70. The molecular formula is C24H24O2Se. The molecule has 0 aliphatic carbocycles. The molecule has 0 unspecified atom stereocenters. The van der Waals surface area contributed by atoms with Crippen LogP contribution < -0.4 is 4.46 Å². The van der Waals surface area contributed by atoms with E-state index in [9.17, 15) is 4.79 Å².